The molecule has 3 rings (SSSR count). The van der Waals surface area contributed by atoms with Crippen LogP contribution in [-0.4, -0.2) is 29.5 Å². The molecule has 8 nitrogen and oxygen atoms in total. The summed E-state index contributed by atoms with van der Waals surface area (Å²) in [4.78, 5) is 35.4. The van der Waals surface area contributed by atoms with Crippen LogP contribution in [-0.2, 0) is 9.59 Å². The SMILES string of the molecule is N#C/C(=C/c1ccc(OCC(=O)Nc2ccccc2)cc1)C(=O)Nc1cccc(C(=O)O)c1. The number of carboxylic acid groups (broad SMARTS) is 1. The fraction of sp³-hybridized carbons (Fsp3) is 0.0400. The number of carbonyl (C=O) groups excluding carboxylic acids is 2. The molecule has 2 amide bonds. The van der Waals surface area contributed by atoms with E-state index in [-0.39, 0.29) is 29.3 Å². The van der Waals surface area contributed by atoms with Crippen LogP contribution in [0.2, 0.25) is 0 Å². The quantitative estimate of drug-likeness (QED) is 0.359. The molecule has 0 radical (unpaired) electrons. The van der Waals surface area contributed by atoms with E-state index in [4.69, 9.17) is 9.84 Å². The number of benzene rings is 3. The summed E-state index contributed by atoms with van der Waals surface area (Å²) in [5.74, 6) is -1.65. The number of carboxylic acids is 1. The minimum absolute atomic E-state index is 0.0170. The molecule has 0 spiro atoms. The second-order valence-corrected chi connectivity index (χ2v) is 6.78. The molecule has 0 aliphatic carbocycles. The summed E-state index contributed by atoms with van der Waals surface area (Å²) in [5, 5.41) is 23.6. The van der Waals surface area contributed by atoms with Gasteiger partial charge in [-0.25, -0.2) is 4.79 Å². The molecule has 0 aliphatic heterocycles. The maximum absolute atomic E-state index is 12.4. The van der Waals surface area contributed by atoms with Crippen molar-refractivity contribution in [3.8, 4) is 11.8 Å². The maximum atomic E-state index is 12.4. The van der Waals surface area contributed by atoms with Crippen LogP contribution in [0.15, 0.2) is 84.4 Å². The van der Waals surface area contributed by atoms with Crippen LogP contribution in [0.1, 0.15) is 15.9 Å². The van der Waals surface area contributed by atoms with E-state index < -0.39 is 11.9 Å². The summed E-state index contributed by atoms with van der Waals surface area (Å²) in [6.07, 6.45) is 1.39. The predicted octanol–water partition coefficient (Wildman–Crippen LogP) is 3.95. The van der Waals surface area contributed by atoms with Crippen molar-refractivity contribution in [1.29, 1.82) is 5.26 Å². The van der Waals surface area contributed by atoms with Crippen LogP contribution in [0.5, 0.6) is 5.75 Å². The molecule has 0 aromatic heterocycles. The van der Waals surface area contributed by atoms with Crippen molar-refractivity contribution in [1.82, 2.24) is 0 Å². The molecule has 0 aliphatic rings. The van der Waals surface area contributed by atoms with Crippen molar-refractivity contribution >= 4 is 35.2 Å². The van der Waals surface area contributed by atoms with E-state index in [9.17, 15) is 19.6 Å². The summed E-state index contributed by atoms with van der Waals surface area (Å²) in [6.45, 7) is -0.175. The average Bonchev–Trinajstić information content (AvgIpc) is 2.82. The predicted molar refractivity (Wildman–Crippen MR) is 123 cm³/mol. The molecule has 3 aromatic carbocycles. The standard InChI is InChI=1S/C25H19N3O5/c26-15-19(24(30)28-21-8-4-5-18(14-21)25(31)32)13-17-9-11-22(12-10-17)33-16-23(29)27-20-6-2-1-3-7-20/h1-14H,16H2,(H,27,29)(H,28,30)(H,31,32)/b19-13-. The number of para-hydroxylation sites is 1. The van der Waals surface area contributed by atoms with E-state index in [0.29, 0.717) is 17.0 Å². The Balaban J connectivity index is 1.59. The molecular formula is C25H19N3O5. The Labute approximate surface area is 189 Å². The highest BCUT2D eigenvalue weighted by Crippen LogP contribution is 2.17. The summed E-state index contributed by atoms with van der Waals surface area (Å²) in [6, 6.07) is 23.1. The van der Waals surface area contributed by atoms with E-state index in [1.807, 2.05) is 24.3 Å². The Kier molecular flexibility index (Phi) is 7.54. The van der Waals surface area contributed by atoms with Gasteiger partial charge < -0.3 is 20.5 Å². The highest BCUT2D eigenvalue weighted by Gasteiger charge is 2.11. The minimum atomic E-state index is -1.12. The highest BCUT2D eigenvalue weighted by atomic mass is 16.5. The fourth-order valence-corrected chi connectivity index (χ4v) is 2.77. The lowest BCUT2D eigenvalue weighted by Crippen LogP contribution is -2.20. The molecule has 8 heteroatoms. The maximum Gasteiger partial charge on any atom is 0.335 e. The second-order valence-electron chi connectivity index (χ2n) is 6.78. The van der Waals surface area contributed by atoms with Crippen LogP contribution < -0.4 is 15.4 Å². The highest BCUT2D eigenvalue weighted by molar-refractivity contribution is 6.10. The van der Waals surface area contributed by atoms with E-state index in [1.165, 1.54) is 30.3 Å². The monoisotopic (exact) mass is 441 g/mol. The lowest BCUT2D eigenvalue weighted by molar-refractivity contribution is -0.118. The largest absolute Gasteiger partial charge is 0.484 e. The third-order valence-electron chi connectivity index (χ3n) is 4.35. The van der Waals surface area contributed by atoms with Crippen molar-refractivity contribution in [3.05, 3.63) is 95.6 Å². The van der Waals surface area contributed by atoms with Gasteiger partial charge in [-0.05, 0) is 54.1 Å². The van der Waals surface area contributed by atoms with E-state index in [0.717, 1.165) is 0 Å². The molecule has 0 saturated carbocycles. The van der Waals surface area contributed by atoms with Gasteiger partial charge in [-0.2, -0.15) is 5.26 Å². The van der Waals surface area contributed by atoms with Crippen LogP contribution in [0.3, 0.4) is 0 Å². The molecule has 3 N–H and O–H groups in total. The number of hydrogen-bond acceptors (Lipinski definition) is 5. The minimum Gasteiger partial charge on any atom is -0.484 e. The molecule has 0 bridgehead atoms. The number of aromatic carboxylic acids is 1. The molecule has 0 saturated heterocycles. The van der Waals surface area contributed by atoms with E-state index >= 15 is 0 Å². The number of hydrogen-bond donors (Lipinski definition) is 3. The number of anilines is 2. The lowest BCUT2D eigenvalue weighted by Gasteiger charge is -2.08. The van der Waals surface area contributed by atoms with Gasteiger partial charge >= 0.3 is 5.97 Å². The summed E-state index contributed by atoms with van der Waals surface area (Å²) in [5.41, 5.74) is 1.36. The van der Waals surface area contributed by atoms with E-state index in [1.54, 1.807) is 36.4 Å². The van der Waals surface area contributed by atoms with Crippen molar-refractivity contribution < 1.29 is 24.2 Å². The Morgan fingerprint density at radius 1 is 0.909 bits per heavy atom. The molecular weight excluding hydrogens is 422 g/mol. The number of rotatable bonds is 8. The van der Waals surface area contributed by atoms with Gasteiger partial charge in [0.05, 0.1) is 5.56 Å². The van der Waals surface area contributed by atoms with Gasteiger partial charge in [-0.1, -0.05) is 36.4 Å². The zero-order valence-corrected chi connectivity index (χ0v) is 17.3. The molecule has 33 heavy (non-hydrogen) atoms. The van der Waals surface area contributed by atoms with Crippen molar-refractivity contribution in [2.45, 2.75) is 0 Å². The average molecular weight is 441 g/mol. The molecule has 0 unspecified atom stereocenters. The van der Waals surface area contributed by atoms with Crippen molar-refractivity contribution in [3.63, 3.8) is 0 Å². The van der Waals surface area contributed by atoms with Crippen molar-refractivity contribution in [2.24, 2.45) is 0 Å². The number of ether oxygens (including phenoxy) is 1. The third-order valence-corrected chi connectivity index (χ3v) is 4.35. The zero-order valence-electron chi connectivity index (χ0n) is 17.3. The van der Waals surface area contributed by atoms with Crippen LogP contribution in [0.4, 0.5) is 11.4 Å². The first-order valence-electron chi connectivity index (χ1n) is 9.79. The Bertz CT molecular complexity index is 1230. The van der Waals surface area contributed by atoms with Crippen LogP contribution >= 0.6 is 0 Å². The van der Waals surface area contributed by atoms with Crippen LogP contribution in [0, 0.1) is 11.3 Å². The topological polar surface area (TPSA) is 129 Å². The van der Waals surface area contributed by atoms with Crippen LogP contribution in [0.25, 0.3) is 6.08 Å². The van der Waals surface area contributed by atoms with Gasteiger partial charge in [0.2, 0.25) is 0 Å². The Morgan fingerprint density at radius 2 is 1.61 bits per heavy atom. The number of nitrogens with zero attached hydrogens (tertiary/aromatic N) is 1. The summed E-state index contributed by atoms with van der Waals surface area (Å²) < 4.78 is 5.46. The van der Waals surface area contributed by atoms with Gasteiger partial charge in [0.15, 0.2) is 6.61 Å². The Morgan fingerprint density at radius 3 is 2.27 bits per heavy atom. The van der Waals surface area contributed by atoms with Gasteiger partial charge in [0.1, 0.15) is 17.4 Å². The van der Waals surface area contributed by atoms with Gasteiger partial charge in [0.25, 0.3) is 11.8 Å². The molecule has 3 aromatic rings. The number of amides is 2. The first-order valence-corrected chi connectivity index (χ1v) is 9.79. The first-order chi connectivity index (χ1) is 15.9. The third kappa shape index (κ3) is 6.80. The molecule has 0 fully saturated rings. The normalized spacial score (nSPS) is 10.6. The second kappa shape index (κ2) is 10.9. The number of nitriles is 1. The summed E-state index contributed by atoms with van der Waals surface area (Å²) >= 11 is 0. The molecule has 0 heterocycles. The summed E-state index contributed by atoms with van der Waals surface area (Å²) in [7, 11) is 0. The fourth-order valence-electron chi connectivity index (χ4n) is 2.77. The molecule has 0 atom stereocenters. The molecule has 164 valence electrons. The zero-order chi connectivity index (χ0) is 23.6. The number of nitrogens with one attached hydrogen (secondary N) is 2. The van der Waals surface area contributed by atoms with Gasteiger partial charge in [-0.15, -0.1) is 0 Å². The Hall–Kier alpha value is -4.90. The van der Waals surface area contributed by atoms with Crippen molar-refractivity contribution in [2.75, 3.05) is 17.2 Å². The van der Waals surface area contributed by atoms with Gasteiger partial charge in [0, 0.05) is 11.4 Å². The smallest absolute Gasteiger partial charge is 0.335 e. The van der Waals surface area contributed by atoms with E-state index in [2.05, 4.69) is 10.6 Å². The van der Waals surface area contributed by atoms with Gasteiger partial charge in [-0.3, -0.25) is 9.59 Å². The first kappa shape index (κ1) is 22.8. The lowest BCUT2D eigenvalue weighted by atomic mass is 10.1. The number of carbonyl (C=O) groups is 3.